The van der Waals surface area contributed by atoms with Gasteiger partial charge >= 0.3 is 6.09 Å². The SMILES string of the molecule is CC(C)(C)OC(=O)N[C@@H](CCCCCC(=O)[C@@H]1CCCCN1C(=O)CCC(=O)c1ccccc1)C(=O)NCC(c1ccccc1)c1ccccc1. The number of alkyl carbamates (subject to hydrolysis) is 1. The molecule has 3 aromatic carbocycles. The van der Waals surface area contributed by atoms with Gasteiger partial charge in [0.25, 0.3) is 0 Å². The van der Waals surface area contributed by atoms with Gasteiger partial charge in [0.2, 0.25) is 11.8 Å². The highest BCUT2D eigenvalue weighted by Gasteiger charge is 2.32. The third-order valence-electron chi connectivity index (χ3n) is 9.16. The van der Waals surface area contributed by atoms with E-state index in [2.05, 4.69) is 10.6 Å². The van der Waals surface area contributed by atoms with Crippen molar-refractivity contribution in [1.82, 2.24) is 15.5 Å². The summed E-state index contributed by atoms with van der Waals surface area (Å²) in [6, 6.07) is 27.6. The van der Waals surface area contributed by atoms with Crippen LogP contribution in [0.5, 0.6) is 0 Å². The average molecular weight is 696 g/mol. The molecule has 1 heterocycles. The maximum absolute atomic E-state index is 13.6. The van der Waals surface area contributed by atoms with Gasteiger partial charge in [-0.2, -0.15) is 0 Å². The molecule has 9 nitrogen and oxygen atoms in total. The number of carbonyl (C=O) groups excluding carboxylic acids is 5. The van der Waals surface area contributed by atoms with Gasteiger partial charge < -0.3 is 20.3 Å². The minimum absolute atomic E-state index is 0.0338. The van der Waals surface area contributed by atoms with Crippen LogP contribution in [0.4, 0.5) is 4.79 Å². The second-order valence-corrected chi connectivity index (χ2v) is 14.3. The Balaban J connectivity index is 1.29. The molecule has 51 heavy (non-hydrogen) atoms. The van der Waals surface area contributed by atoms with Crippen LogP contribution in [0.3, 0.4) is 0 Å². The quantitative estimate of drug-likeness (QED) is 0.112. The van der Waals surface area contributed by atoms with Crippen LogP contribution in [0.1, 0.15) is 112 Å². The number of nitrogens with one attached hydrogen (secondary N) is 2. The lowest BCUT2D eigenvalue weighted by Crippen LogP contribution is -2.49. The summed E-state index contributed by atoms with van der Waals surface area (Å²) in [5.74, 6) is -0.562. The van der Waals surface area contributed by atoms with Crippen molar-refractivity contribution in [3.63, 3.8) is 0 Å². The maximum Gasteiger partial charge on any atom is 0.408 e. The number of likely N-dealkylation sites (tertiary alicyclic amines) is 1. The van der Waals surface area contributed by atoms with Crippen molar-refractivity contribution in [2.24, 2.45) is 0 Å². The molecule has 1 aliphatic rings. The molecule has 9 heteroatoms. The molecule has 0 aliphatic carbocycles. The summed E-state index contributed by atoms with van der Waals surface area (Å²) >= 11 is 0. The number of piperidine rings is 1. The van der Waals surface area contributed by atoms with E-state index in [0.717, 1.165) is 24.0 Å². The molecule has 0 saturated carbocycles. The Morgan fingerprint density at radius 1 is 0.765 bits per heavy atom. The summed E-state index contributed by atoms with van der Waals surface area (Å²) < 4.78 is 5.47. The van der Waals surface area contributed by atoms with Crippen LogP contribution in [0.15, 0.2) is 91.0 Å². The van der Waals surface area contributed by atoms with Gasteiger partial charge in [-0.05, 0) is 64.0 Å². The molecule has 1 saturated heterocycles. The molecule has 1 fully saturated rings. The van der Waals surface area contributed by atoms with E-state index in [4.69, 9.17) is 4.74 Å². The number of nitrogens with zero attached hydrogens (tertiary/aromatic N) is 1. The fraction of sp³-hybridized carbons (Fsp3) is 0.452. The fourth-order valence-electron chi connectivity index (χ4n) is 6.53. The zero-order valence-electron chi connectivity index (χ0n) is 30.3. The van der Waals surface area contributed by atoms with Gasteiger partial charge in [-0.15, -0.1) is 0 Å². The second kappa shape index (κ2) is 19.6. The van der Waals surface area contributed by atoms with Gasteiger partial charge in [-0.3, -0.25) is 19.2 Å². The molecule has 0 spiro atoms. The van der Waals surface area contributed by atoms with Gasteiger partial charge in [0, 0.05) is 43.8 Å². The maximum atomic E-state index is 13.6. The van der Waals surface area contributed by atoms with E-state index in [1.54, 1.807) is 49.9 Å². The molecular weight excluding hydrogens is 642 g/mol. The molecule has 272 valence electrons. The van der Waals surface area contributed by atoms with Gasteiger partial charge in [0.1, 0.15) is 11.6 Å². The lowest BCUT2D eigenvalue weighted by Gasteiger charge is -2.35. The fourth-order valence-corrected chi connectivity index (χ4v) is 6.53. The molecular formula is C42H53N3O6. The summed E-state index contributed by atoms with van der Waals surface area (Å²) in [4.78, 5) is 67.0. The monoisotopic (exact) mass is 695 g/mol. The second-order valence-electron chi connectivity index (χ2n) is 14.3. The van der Waals surface area contributed by atoms with Crippen molar-refractivity contribution in [2.75, 3.05) is 13.1 Å². The van der Waals surface area contributed by atoms with Crippen molar-refractivity contribution in [3.05, 3.63) is 108 Å². The number of benzene rings is 3. The van der Waals surface area contributed by atoms with E-state index in [9.17, 15) is 24.0 Å². The predicted molar refractivity (Wildman–Crippen MR) is 198 cm³/mol. The molecule has 3 aromatic rings. The third kappa shape index (κ3) is 12.8. The van der Waals surface area contributed by atoms with E-state index in [1.165, 1.54) is 0 Å². The number of Topliss-reactive ketones (excluding diaryl/α,β-unsaturated/α-hetero) is 2. The van der Waals surface area contributed by atoms with Crippen molar-refractivity contribution < 1.29 is 28.7 Å². The molecule has 0 unspecified atom stereocenters. The van der Waals surface area contributed by atoms with Gasteiger partial charge in [-0.1, -0.05) is 104 Å². The highest BCUT2D eigenvalue weighted by atomic mass is 16.6. The van der Waals surface area contributed by atoms with Crippen molar-refractivity contribution in [1.29, 1.82) is 0 Å². The topological polar surface area (TPSA) is 122 Å². The van der Waals surface area contributed by atoms with Gasteiger partial charge in [0.05, 0.1) is 6.04 Å². The van der Waals surface area contributed by atoms with Crippen molar-refractivity contribution in [2.45, 2.75) is 109 Å². The Hall–Kier alpha value is -4.79. The first kappa shape index (κ1) is 39.0. The first-order chi connectivity index (χ1) is 24.5. The first-order valence-corrected chi connectivity index (χ1v) is 18.3. The largest absolute Gasteiger partial charge is 0.444 e. The molecule has 2 atom stereocenters. The standard InChI is InChI=1S/C42H53N3O6/c1-42(2,3)51-41(50)44-35(40(49)43-30-34(31-18-8-4-9-19-31)32-20-10-5-11-21-32)24-14-7-15-26-38(47)36-25-16-17-29-45(36)39(48)28-27-37(46)33-22-12-6-13-23-33/h4-6,8-13,18-23,34-36H,7,14-17,24-30H2,1-3H3,(H,43,49)(H,44,50)/t35-,36-/m0/s1. The van der Waals surface area contributed by atoms with Crippen LogP contribution in [-0.4, -0.2) is 65.1 Å². The van der Waals surface area contributed by atoms with Crippen molar-refractivity contribution >= 4 is 29.5 Å². The van der Waals surface area contributed by atoms with E-state index in [1.807, 2.05) is 66.7 Å². The Kier molecular flexibility index (Phi) is 15.0. The smallest absolute Gasteiger partial charge is 0.408 e. The predicted octanol–water partition coefficient (Wildman–Crippen LogP) is 7.39. The number of unbranched alkanes of at least 4 members (excludes halogenated alkanes) is 2. The summed E-state index contributed by atoms with van der Waals surface area (Å²) in [7, 11) is 0. The minimum atomic E-state index is -0.812. The van der Waals surface area contributed by atoms with Crippen LogP contribution in [-0.2, 0) is 19.1 Å². The molecule has 1 aliphatic heterocycles. The lowest BCUT2D eigenvalue weighted by molar-refractivity contribution is -0.141. The zero-order chi connectivity index (χ0) is 36.6. The molecule has 0 aromatic heterocycles. The summed E-state index contributed by atoms with van der Waals surface area (Å²) in [6.45, 7) is 6.19. The van der Waals surface area contributed by atoms with Gasteiger partial charge in [0.15, 0.2) is 11.6 Å². The van der Waals surface area contributed by atoms with E-state index >= 15 is 0 Å². The number of amides is 3. The van der Waals surface area contributed by atoms with Crippen LogP contribution >= 0.6 is 0 Å². The van der Waals surface area contributed by atoms with E-state index < -0.39 is 23.8 Å². The van der Waals surface area contributed by atoms with E-state index in [0.29, 0.717) is 57.2 Å². The summed E-state index contributed by atoms with van der Waals surface area (Å²) in [5.41, 5.74) is 2.01. The van der Waals surface area contributed by atoms with Gasteiger partial charge in [-0.25, -0.2) is 4.79 Å². The Bertz CT molecular complexity index is 1530. The third-order valence-corrected chi connectivity index (χ3v) is 9.16. The lowest BCUT2D eigenvalue weighted by atomic mass is 9.91. The molecule has 4 rings (SSSR count). The van der Waals surface area contributed by atoms with E-state index in [-0.39, 0.29) is 42.1 Å². The number of ether oxygens (including phenoxy) is 1. The highest BCUT2D eigenvalue weighted by molar-refractivity contribution is 5.98. The number of carbonyl (C=O) groups is 5. The molecule has 0 radical (unpaired) electrons. The van der Waals surface area contributed by atoms with Crippen LogP contribution in [0.2, 0.25) is 0 Å². The summed E-state index contributed by atoms with van der Waals surface area (Å²) in [5, 5.41) is 5.84. The molecule has 0 bridgehead atoms. The number of ketones is 2. The normalized spacial score (nSPS) is 15.1. The Morgan fingerprint density at radius 3 is 1.98 bits per heavy atom. The highest BCUT2D eigenvalue weighted by Crippen LogP contribution is 2.25. The minimum Gasteiger partial charge on any atom is -0.444 e. The zero-order valence-corrected chi connectivity index (χ0v) is 30.3. The molecule has 2 N–H and O–H groups in total. The molecule has 3 amide bonds. The van der Waals surface area contributed by atoms with Crippen LogP contribution in [0.25, 0.3) is 0 Å². The van der Waals surface area contributed by atoms with Crippen molar-refractivity contribution in [3.8, 4) is 0 Å². The average Bonchev–Trinajstić information content (AvgIpc) is 3.13. The number of rotatable bonds is 17. The van der Waals surface area contributed by atoms with Crippen LogP contribution < -0.4 is 10.6 Å². The Labute approximate surface area is 302 Å². The summed E-state index contributed by atoms with van der Waals surface area (Å²) in [6.07, 6.45) is 4.49. The number of hydrogen-bond acceptors (Lipinski definition) is 6. The Morgan fingerprint density at radius 2 is 1.37 bits per heavy atom. The first-order valence-electron chi connectivity index (χ1n) is 18.3. The number of hydrogen-bond donors (Lipinski definition) is 2. The van der Waals surface area contributed by atoms with Crippen LogP contribution in [0, 0.1) is 0 Å².